The number of hydrogen-bond donors (Lipinski definition) is 0. The molecule has 0 spiro atoms. The third-order valence-corrected chi connectivity index (χ3v) is 11.6. The van der Waals surface area contributed by atoms with Crippen LogP contribution in [0, 0.1) is 23.8 Å². The third-order valence-electron chi connectivity index (χ3n) is 10.4. The van der Waals surface area contributed by atoms with Crippen molar-refractivity contribution in [3.05, 3.63) is 100 Å². The van der Waals surface area contributed by atoms with Crippen molar-refractivity contribution >= 4 is 14.4 Å². The van der Waals surface area contributed by atoms with Crippen LogP contribution in [0.1, 0.15) is 141 Å². The van der Waals surface area contributed by atoms with E-state index in [1.54, 1.807) is 27.4 Å². The molecular weight excluding hydrogens is 679 g/mol. The molecule has 3 heteroatoms. The van der Waals surface area contributed by atoms with Crippen LogP contribution in [-0.4, -0.2) is 3.21 Å². The van der Waals surface area contributed by atoms with E-state index < -0.39 is 0 Å². The summed E-state index contributed by atoms with van der Waals surface area (Å²) < 4.78 is 1.80. The van der Waals surface area contributed by atoms with Crippen LogP contribution >= 0.6 is 0 Å². The van der Waals surface area contributed by atoms with E-state index in [2.05, 4.69) is 130 Å². The van der Waals surface area contributed by atoms with Gasteiger partial charge in [0.15, 0.2) is 0 Å². The van der Waals surface area contributed by atoms with Crippen molar-refractivity contribution < 1.29 is 49.0 Å². The summed E-state index contributed by atoms with van der Waals surface area (Å²) in [7, 11) is 0. The van der Waals surface area contributed by atoms with E-state index in [9.17, 15) is 0 Å². The predicted molar refractivity (Wildman–Crippen MR) is 190 cm³/mol. The van der Waals surface area contributed by atoms with Gasteiger partial charge < -0.3 is 24.8 Å². The summed E-state index contributed by atoms with van der Waals surface area (Å²) in [4.78, 5) is 0. The van der Waals surface area contributed by atoms with Crippen molar-refractivity contribution in [2.24, 2.45) is 11.3 Å². The molecule has 0 saturated heterocycles. The van der Waals surface area contributed by atoms with E-state index in [-0.39, 0.29) is 35.6 Å². The van der Waals surface area contributed by atoms with Crippen LogP contribution < -0.4 is 24.8 Å². The summed E-state index contributed by atoms with van der Waals surface area (Å²) >= 11 is 1.69. The fourth-order valence-corrected chi connectivity index (χ4v) is 8.08. The normalized spacial score (nSPS) is 21.0. The van der Waals surface area contributed by atoms with Gasteiger partial charge in [0.25, 0.3) is 0 Å². The zero-order chi connectivity index (χ0) is 32.0. The standard InChI is InChI=1S/C27H29.C10H15.C6H10.2ClH.Zr/c1-16-7-9-26(3,4)24-12-18-11-19-13-25-21(17(2)8-10-27(25,5)6)15-23(19)22(18)14-20(16)24;1-8-5-6-9(7-8)10(2,3)4;1-2-4-6-5-3-1;;;/h7-9,12-15H,10-11H2,1-6H3;6-8H,1-4H3;1-5H2;2*1H;/q2*-1;;;;+2/p-2. The zero-order valence-electron chi connectivity index (χ0n) is 30.0. The molecule has 7 rings (SSSR count). The van der Waals surface area contributed by atoms with Crippen molar-refractivity contribution in [3.63, 3.8) is 0 Å². The predicted octanol–water partition coefficient (Wildman–Crippen LogP) is 5.89. The first-order chi connectivity index (χ1) is 20.6. The molecule has 0 N–H and O–H groups in total. The molecule has 1 unspecified atom stereocenters. The summed E-state index contributed by atoms with van der Waals surface area (Å²) in [6.45, 7) is 22.8. The molecule has 0 aromatic heterocycles. The van der Waals surface area contributed by atoms with Gasteiger partial charge in [-0.3, -0.25) is 6.08 Å². The molecule has 46 heavy (non-hydrogen) atoms. The van der Waals surface area contributed by atoms with Crippen molar-refractivity contribution in [3.8, 4) is 11.1 Å². The maximum absolute atomic E-state index is 3.26. The molecule has 5 aliphatic rings. The van der Waals surface area contributed by atoms with Crippen molar-refractivity contribution in [1.29, 1.82) is 0 Å². The molecular formula is C43H54Cl2Zr-2. The van der Waals surface area contributed by atoms with Gasteiger partial charge in [-0.05, 0) is 70.2 Å². The Hall–Kier alpha value is -1.40. The molecule has 0 aliphatic heterocycles. The Bertz CT molecular complexity index is 1490. The van der Waals surface area contributed by atoms with Crippen LogP contribution in [0.3, 0.4) is 0 Å². The van der Waals surface area contributed by atoms with Gasteiger partial charge in [-0.25, -0.2) is 18.6 Å². The molecule has 2 aromatic rings. The van der Waals surface area contributed by atoms with Gasteiger partial charge in [0, 0.05) is 0 Å². The molecule has 5 aliphatic carbocycles. The first-order valence-electron chi connectivity index (χ1n) is 17.0. The number of halogens is 2. The Morgan fingerprint density at radius 2 is 1.37 bits per heavy atom. The summed E-state index contributed by atoms with van der Waals surface area (Å²) in [5.41, 5.74) is 16.7. The van der Waals surface area contributed by atoms with Gasteiger partial charge in [-0.15, -0.1) is 12.5 Å². The van der Waals surface area contributed by atoms with E-state index >= 15 is 0 Å². The Balaban J connectivity index is 0.000000251. The maximum atomic E-state index is 3.26. The van der Waals surface area contributed by atoms with E-state index in [0.29, 0.717) is 11.3 Å². The second-order valence-electron chi connectivity index (χ2n) is 16.1. The van der Waals surface area contributed by atoms with E-state index in [0.717, 1.165) is 12.8 Å². The molecule has 0 bridgehead atoms. The Kier molecular flexibility index (Phi) is 12.7. The van der Waals surface area contributed by atoms with Crippen LogP contribution in [0.15, 0.2) is 54.1 Å². The van der Waals surface area contributed by atoms with Crippen molar-refractivity contribution in [2.75, 3.05) is 0 Å². The van der Waals surface area contributed by atoms with Crippen LogP contribution in [0.5, 0.6) is 0 Å². The average Bonchev–Trinajstić information content (AvgIpc) is 3.56. The summed E-state index contributed by atoms with van der Waals surface area (Å²) in [5.74, 6) is 0.522. The number of rotatable bonds is 0. The molecule has 0 heterocycles. The monoisotopic (exact) mass is 730 g/mol. The van der Waals surface area contributed by atoms with E-state index in [1.807, 2.05) is 0 Å². The second kappa shape index (κ2) is 15.0. The fraction of sp³-hybridized carbons (Fsp3) is 0.488. The summed E-state index contributed by atoms with van der Waals surface area (Å²) in [5, 5.41) is 0. The second-order valence-corrected chi connectivity index (χ2v) is 17.9. The van der Waals surface area contributed by atoms with Crippen LogP contribution in [0.2, 0.25) is 0 Å². The molecule has 0 nitrogen and oxygen atoms in total. The summed E-state index contributed by atoms with van der Waals surface area (Å²) in [6, 6.07) is 9.95. The molecule has 246 valence electrons. The van der Waals surface area contributed by atoms with Gasteiger partial charge in [0.1, 0.15) is 0 Å². The Morgan fingerprint density at radius 1 is 0.804 bits per heavy atom. The topological polar surface area (TPSA) is 0 Å². The van der Waals surface area contributed by atoms with Crippen molar-refractivity contribution in [2.45, 2.75) is 125 Å². The van der Waals surface area contributed by atoms with Crippen LogP contribution in [0.4, 0.5) is 0 Å². The minimum atomic E-state index is 0. The van der Waals surface area contributed by atoms with Gasteiger partial charge in [0.05, 0.1) is 0 Å². The Labute approximate surface area is 308 Å². The Morgan fingerprint density at radius 3 is 1.85 bits per heavy atom. The summed E-state index contributed by atoms with van der Waals surface area (Å²) in [6.07, 6.45) is 24.3. The fourth-order valence-electron chi connectivity index (χ4n) is 7.21. The molecule has 1 saturated carbocycles. The molecule has 2 aromatic carbocycles. The molecule has 0 radical (unpaired) electrons. The molecule has 1 fully saturated rings. The van der Waals surface area contributed by atoms with Gasteiger partial charge >= 0.3 is 59.5 Å². The number of hydrogen-bond acceptors (Lipinski definition) is 0. The van der Waals surface area contributed by atoms with Gasteiger partial charge in [-0.1, -0.05) is 102 Å². The third kappa shape index (κ3) is 8.42. The molecule has 1 atom stereocenters. The first-order valence-corrected chi connectivity index (χ1v) is 18.2. The van der Waals surface area contributed by atoms with Crippen molar-refractivity contribution in [1.82, 2.24) is 0 Å². The SMILES string of the molecule is CC1=C[CH-]C(C)(C)c2cc3c(cc21)-c1cc2c(cc1C3)C(C)(C)CC=C2C.CC1[C-]=CC(C(C)(C)C)=C1.[Cl-].[Cl-].[Zr+2]=[C]1CCCCC1. The van der Waals surface area contributed by atoms with Gasteiger partial charge in [-0.2, -0.15) is 17.2 Å². The molecule has 0 amide bonds. The quantitative estimate of drug-likeness (QED) is 0.254. The number of allylic oxidation sites excluding steroid dienone is 8. The zero-order valence-corrected chi connectivity index (χ0v) is 33.9. The first kappa shape index (κ1) is 39.0. The average molecular weight is 733 g/mol. The van der Waals surface area contributed by atoms with E-state index in [1.165, 1.54) is 93.3 Å². The number of benzene rings is 2. The minimum absolute atomic E-state index is 0. The van der Waals surface area contributed by atoms with Gasteiger partial charge in [0.2, 0.25) is 0 Å². The van der Waals surface area contributed by atoms with E-state index in [4.69, 9.17) is 0 Å². The van der Waals surface area contributed by atoms with Crippen LogP contribution in [-0.2, 0) is 41.5 Å². The van der Waals surface area contributed by atoms with Crippen LogP contribution in [0.25, 0.3) is 22.3 Å². The number of fused-ring (bicyclic) bond motifs is 5.